The molecule has 0 bridgehead atoms. The van der Waals surface area contributed by atoms with Gasteiger partial charge in [-0.05, 0) is 49.2 Å². The van der Waals surface area contributed by atoms with Gasteiger partial charge in [-0.15, -0.1) is 0 Å². The number of hydrogen-bond donors (Lipinski definition) is 1. The number of sulfone groups is 1. The molecule has 160 valence electrons. The van der Waals surface area contributed by atoms with Crippen LogP contribution in [0.4, 0.5) is 20.2 Å². The van der Waals surface area contributed by atoms with E-state index >= 15 is 0 Å². The summed E-state index contributed by atoms with van der Waals surface area (Å²) in [6, 6.07) is 7.46. The van der Waals surface area contributed by atoms with Gasteiger partial charge in [-0.1, -0.05) is 6.92 Å². The Balaban J connectivity index is 1.69. The molecule has 0 fully saturated rings. The van der Waals surface area contributed by atoms with Gasteiger partial charge in [0, 0.05) is 36.3 Å². The van der Waals surface area contributed by atoms with Crippen LogP contribution in [0.15, 0.2) is 41.3 Å². The van der Waals surface area contributed by atoms with Gasteiger partial charge in [-0.2, -0.15) is 0 Å². The summed E-state index contributed by atoms with van der Waals surface area (Å²) in [5, 5.41) is 2.35. The Labute approximate surface area is 173 Å². The second kappa shape index (κ2) is 8.51. The number of hydrogen-bond acceptors (Lipinski definition) is 4. The zero-order valence-corrected chi connectivity index (χ0v) is 17.4. The molecule has 2 aromatic rings. The van der Waals surface area contributed by atoms with Gasteiger partial charge in [0.1, 0.15) is 0 Å². The molecule has 0 aromatic heterocycles. The fourth-order valence-corrected chi connectivity index (χ4v) is 4.78. The highest BCUT2D eigenvalue weighted by molar-refractivity contribution is 7.91. The van der Waals surface area contributed by atoms with Crippen molar-refractivity contribution in [2.75, 3.05) is 16.0 Å². The number of nitrogens with one attached hydrogen (secondary N) is 1. The van der Waals surface area contributed by atoms with Crippen molar-refractivity contribution in [1.29, 1.82) is 0 Å². The first-order chi connectivity index (χ1) is 14.1. The van der Waals surface area contributed by atoms with Crippen molar-refractivity contribution < 1.29 is 26.8 Å². The Morgan fingerprint density at radius 2 is 1.87 bits per heavy atom. The van der Waals surface area contributed by atoms with Crippen molar-refractivity contribution in [3.8, 4) is 0 Å². The summed E-state index contributed by atoms with van der Waals surface area (Å²) in [4.78, 5) is 26.0. The van der Waals surface area contributed by atoms with Crippen LogP contribution in [0, 0.1) is 11.6 Å². The molecule has 0 saturated heterocycles. The number of benzene rings is 2. The maximum atomic E-state index is 13.2. The van der Waals surface area contributed by atoms with Crippen LogP contribution >= 0.6 is 0 Å². The molecule has 0 saturated carbocycles. The summed E-state index contributed by atoms with van der Waals surface area (Å²) in [5.74, 6) is -3.23. The Hall–Kier alpha value is -2.81. The van der Waals surface area contributed by atoms with Gasteiger partial charge in [0.25, 0.3) is 0 Å². The lowest BCUT2D eigenvalue weighted by molar-refractivity contribution is -0.118. The summed E-state index contributed by atoms with van der Waals surface area (Å²) >= 11 is 0. The van der Waals surface area contributed by atoms with E-state index in [-0.39, 0.29) is 29.0 Å². The minimum absolute atomic E-state index is 0.0224. The number of carbonyl (C=O) groups is 2. The molecule has 1 N–H and O–H groups in total. The molecular formula is C21H22F2N2O4S. The first kappa shape index (κ1) is 21.9. The highest BCUT2D eigenvalue weighted by atomic mass is 32.2. The molecule has 2 amide bonds. The molecule has 30 heavy (non-hydrogen) atoms. The van der Waals surface area contributed by atoms with E-state index in [9.17, 15) is 26.8 Å². The minimum Gasteiger partial charge on any atom is -0.326 e. The average molecular weight is 436 g/mol. The fraction of sp³-hybridized carbons (Fsp3) is 0.333. The highest BCUT2D eigenvalue weighted by Gasteiger charge is 2.31. The van der Waals surface area contributed by atoms with Crippen molar-refractivity contribution in [2.24, 2.45) is 0 Å². The first-order valence-corrected chi connectivity index (χ1v) is 11.2. The van der Waals surface area contributed by atoms with Crippen LogP contribution in [0.5, 0.6) is 0 Å². The maximum absolute atomic E-state index is 13.2. The molecule has 1 aliphatic rings. The number of fused-ring (bicyclic) bond motifs is 1. The predicted octanol–water partition coefficient (Wildman–Crippen LogP) is 3.45. The summed E-state index contributed by atoms with van der Waals surface area (Å²) < 4.78 is 51.5. The number of carbonyl (C=O) groups excluding carboxylic acids is 2. The largest absolute Gasteiger partial charge is 0.326 e. The first-order valence-electron chi connectivity index (χ1n) is 9.55. The molecule has 0 unspecified atom stereocenters. The number of rotatable bonds is 6. The van der Waals surface area contributed by atoms with E-state index < -0.39 is 33.1 Å². The Bertz CT molecular complexity index is 1100. The predicted molar refractivity (Wildman–Crippen MR) is 109 cm³/mol. The molecule has 0 radical (unpaired) electrons. The molecule has 0 spiro atoms. The van der Waals surface area contributed by atoms with E-state index in [2.05, 4.69) is 5.32 Å². The topological polar surface area (TPSA) is 83.6 Å². The van der Waals surface area contributed by atoms with E-state index in [1.807, 2.05) is 6.92 Å². The standard InChI is InChI=1S/C21H22F2N2O4S/c1-3-21(27)25-13(2)10-14-11-16(5-7-19(14)25)30(28,29)9-8-20(26)24-15-4-6-17(22)18(23)12-15/h4-7,11-13H,3,8-10H2,1-2H3,(H,24,26)/t13-/m0/s1. The van der Waals surface area contributed by atoms with Gasteiger partial charge in [0.2, 0.25) is 11.8 Å². The summed E-state index contributed by atoms with van der Waals surface area (Å²) in [6.07, 6.45) is 0.577. The van der Waals surface area contributed by atoms with Gasteiger partial charge in [-0.3, -0.25) is 9.59 Å². The third-order valence-electron chi connectivity index (χ3n) is 5.00. The summed E-state index contributed by atoms with van der Waals surface area (Å²) in [5.41, 5.74) is 1.53. The molecule has 1 aliphatic heterocycles. The number of nitrogens with zero attached hydrogens (tertiary/aromatic N) is 1. The smallest absolute Gasteiger partial charge is 0.226 e. The lowest BCUT2D eigenvalue weighted by Gasteiger charge is -2.22. The van der Waals surface area contributed by atoms with E-state index in [0.717, 1.165) is 17.7 Å². The fourth-order valence-electron chi connectivity index (χ4n) is 3.49. The van der Waals surface area contributed by atoms with E-state index in [1.165, 1.54) is 12.1 Å². The molecule has 9 heteroatoms. The van der Waals surface area contributed by atoms with Crippen LogP contribution in [-0.2, 0) is 25.8 Å². The van der Waals surface area contributed by atoms with E-state index in [4.69, 9.17) is 0 Å². The highest BCUT2D eigenvalue weighted by Crippen LogP contribution is 2.34. The zero-order valence-electron chi connectivity index (χ0n) is 16.6. The van der Waals surface area contributed by atoms with Gasteiger partial charge in [0.15, 0.2) is 21.5 Å². The molecule has 3 rings (SSSR count). The SMILES string of the molecule is CCC(=O)N1c2ccc(S(=O)(=O)CCC(=O)Nc3ccc(F)c(F)c3)cc2C[C@@H]1C. The maximum Gasteiger partial charge on any atom is 0.226 e. The third-order valence-corrected chi connectivity index (χ3v) is 6.71. The van der Waals surface area contributed by atoms with Crippen molar-refractivity contribution in [2.45, 2.75) is 44.0 Å². The Kier molecular flexibility index (Phi) is 6.21. The van der Waals surface area contributed by atoms with Crippen LogP contribution in [0.25, 0.3) is 0 Å². The Morgan fingerprint density at radius 3 is 2.53 bits per heavy atom. The normalized spacial score (nSPS) is 15.7. The molecule has 0 aliphatic carbocycles. The minimum atomic E-state index is -3.74. The second-order valence-corrected chi connectivity index (χ2v) is 9.32. The van der Waals surface area contributed by atoms with Gasteiger partial charge >= 0.3 is 0 Å². The van der Waals surface area contributed by atoms with Crippen molar-refractivity contribution in [3.05, 3.63) is 53.6 Å². The summed E-state index contributed by atoms with van der Waals surface area (Å²) in [6.45, 7) is 3.68. The van der Waals surface area contributed by atoms with Gasteiger partial charge in [-0.25, -0.2) is 17.2 Å². The van der Waals surface area contributed by atoms with Crippen molar-refractivity contribution in [1.82, 2.24) is 0 Å². The zero-order chi connectivity index (χ0) is 22.1. The van der Waals surface area contributed by atoms with Crippen molar-refractivity contribution in [3.63, 3.8) is 0 Å². The van der Waals surface area contributed by atoms with E-state index in [1.54, 1.807) is 24.0 Å². The lowest BCUT2D eigenvalue weighted by atomic mass is 10.1. The number of amides is 2. The number of anilines is 2. The summed E-state index contributed by atoms with van der Waals surface area (Å²) in [7, 11) is -3.74. The average Bonchev–Trinajstić information content (AvgIpc) is 3.03. The molecular weight excluding hydrogens is 414 g/mol. The van der Waals surface area contributed by atoms with Crippen LogP contribution in [0.2, 0.25) is 0 Å². The third kappa shape index (κ3) is 4.51. The van der Waals surface area contributed by atoms with Crippen LogP contribution in [0.1, 0.15) is 32.3 Å². The van der Waals surface area contributed by atoms with Crippen LogP contribution in [0.3, 0.4) is 0 Å². The van der Waals surface area contributed by atoms with Crippen molar-refractivity contribution >= 4 is 33.0 Å². The van der Waals surface area contributed by atoms with Crippen LogP contribution in [-0.4, -0.2) is 32.0 Å². The number of halogens is 2. The molecule has 6 nitrogen and oxygen atoms in total. The van der Waals surface area contributed by atoms with Crippen LogP contribution < -0.4 is 10.2 Å². The van der Waals surface area contributed by atoms with Gasteiger partial charge < -0.3 is 10.2 Å². The Morgan fingerprint density at radius 1 is 1.13 bits per heavy atom. The molecule has 1 heterocycles. The monoisotopic (exact) mass is 436 g/mol. The lowest BCUT2D eigenvalue weighted by Crippen LogP contribution is -2.35. The molecule has 2 aromatic carbocycles. The molecule has 1 atom stereocenters. The van der Waals surface area contributed by atoms with E-state index in [0.29, 0.717) is 18.5 Å². The quantitative estimate of drug-likeness (QED) is 0.752. The van der Waals surface area contributed by atoms with Gasteiger partial charge in [0.05, 0.1) is 10.6 Å². The second-order valence-electron chi connectivity index (χ2n) is 7.21.